The van der Waals surface area contributed by atoms with Gasteiger partial charge in [-0.2, -0.15) is 16.8 Å². The van der Waals surface area contributed by atoms with Gasteiger partial charge in [0.25, 0.3) is 0 Å². The smallest absolute Gasteiger partial charge is 0.120 e. The zero-order valence-corrected chi connectivity index (χ0v) is 9.09. The van der Waals surface area contributed by atoms with E-state index >= 15 is 0 Å². The molecule has 0 aromatic carbocycles. The highest BCUT2D eigenvalue weighted by Crippen LogP contribution is 2.15. The summed E-state index contributed by atoms with van der Waals surface area (Å²) >= 11 is 1.74. The van der Waals surface area contributed by atoms with Crippen molar-refractivity contribution >= 4 is 11.8 Å². The highest BCUT2D eigenvalue weighted by molar-refractivity contribution is 7.98. The van der Waals surface area contributed by atoms with E-state index < -0.39 is 0 Å². The second kappa shape index (κ2) is 6.08. The molecule has 1 aromatic rings. The summed E-state index contributed by atoms with van der Waals surface area (Å²) < 4.78 is 5.48. The molecular weight excluding hydrogens is 200 g/mol. The molecule has 0 spiro atoms. The van der Waals surface area contributed by atoms with Gasteiger partial charge in [-0.05, 0) is 12.1 Å². The van der Waals surface area contributed by atoms with Crippen LogP contribution in [0, 0.1) is 0 Å². The van der Waals surface area contributed by atoms with Gasteiger partial charge >= 0.3 is 0 Å². The number of thioether (sulfide) groups is 1. The number of hydroxylamine groups is 2. The average Bonchev–Trinajstić information content (AvgIpc) is 2.52. The van der Waals surface area contributed by atoms with Crippen molar-refractivity contribution in [3.8, 4) is 0 Å². The summed E-state index contributed by atoms with van der Waals surface area (Å²) in [6, 6.07) is 3.81. The molecule has 3 N–H and O–H groups in total. The first-order chi connectivity index (χ1) is 6.72. The summed E-state index contributed by atoms with van der Waals surface area (Å²) in [5.41, 5.74) is 5.37. The molecule has 0 unspecified atom stereocenters. The maximum absolute atomic E-state index is 8.98. The highest BCUT2D eigenvalue weighted by atomic mass is 32.2. The maximum Gasteiger partial charge on any atom is 0.120 e. The van der Waals surface area contributed by atoms with Crippen LogP contribution in [0.3, 0.4) is 0 Å². The minimum atomic E-state index is 0.418. The van der Waals surface area contributed by atoms with Gasteiger partial charge in [0, 0.05) is 19.3 Å². The summed E-state index contributed by atoms with van der Waals surface area (Å²) in [7, 11) is 1.59. The second-order valence-corrected chi connectivity index (χ2v) is 4.13. The zero-order valence-electron chi connectivity index (χ0n) is 8.27. The van der Waals surface area contributed by atoms with Crippen molar-refractivity contribution < 1.29 is 9.62 Å². The van der Waals surface area contributed by atoms with E-state index in [-0.39, 0.29) is 0 Å². The molecule has 0 bridgehead atoms. The van der Waals surface area contributed by atoms with E-state index in [1.807, 2.05) is 12.1 Å². The standard InChI is InChI=1S/C9H16N2O2S/c1-11(12)6-8-2-3-9(13-8)7-14-5-4-10/h2-3,12H,4-7,10H2,1H3. The molecule has 1 heterocycles. The number of hydrogen-bond donors (Lipinski definition) is 2. The number of nitrogens with two attached hydrogens (primary N) is 1. The van der Waals surface area contributed by atoms with Gasteiger partial charge in [0.2, 0.25) is 0 Å². The van der Waals surface area contributed by atoms with Gasteiger partial charge in [-0.1, -0.05) is 0 Å². The summed E-state index contributed by atoms with van der Waals surface area (Å²) in [5.74, 6) is 3.49. The Morgan fingerprint density at radius 2 is 2.21 bits per heavy atom. The summed E-state index contributed by atoms with van der Waals surface area (Å²) in [6.45, 7) is 1.11. The van der Waals surface area contributed by atoms with Crippen LogP contribution in [0.2, 0.25) is 0 Å². The van der Waals surface area contributed by atoms with Crippen LogP contribution in [-0.2, 0) is 12.3 Å². The van der Waals surface area contributed by atoms with Crippen LogP contribution < -0.4 is 5.73 Å². The van der Waals surface area contributed by atoms with E-state index in [9.17, 15) is 0 Å². The lowest BCUT2D eigenvalue weighted by Crippen LogP contribution is -2.10. The molecule has 1 rings (SSSR count). The molecule has 0 saturated heterocycles. The molecule has 0 aliphatic rings. The minimum Gasteiger partial charge on any atom is -0.464 e. The Morgan fingerprint density at radius 1 is 1.50 bits per heavy atom. The lowest BCUT2D eigenvalue weighted by Gasteiger charge is -2.03. The predicted molar refractivity (Wildman–Crippen MR) is 57.2 cm³/mol. The molecule has 0 radical (unpaired) electrons. The monoisotopic (exact) mass is 216 g/mol. The van der Waals surface area contributed by atoms with Crippen LogP contribution >= 0.6 is 11.8 Å². The first-order valence-electron chi connectivity index (χ1n) is 4.48. The summed E-state index contributed by atoms with van der Waals surface area (Å²) in [4.78, 5) is 0. The second-order valence-electron chi connectivity index (χ2n) is 3.03. The fourth-order valence-electron chi connectivity index (χ4n) is 1.07. The largest absolute Gasteiger partial charge is 0.464 e. The molecule has 1 aromatic heterocycles. The molecule has 0 aliphatic carbocycles. The van der Waals surface area contributed by atoms with E-state index in [4.69, 9.17) is 15.4 Å². The van der Waals surface area contributed by atoms with Gasteiger partial charge in [-0.3, -0.25) is 0 Å². The van der Waals surface area contributed by atoms with Crippen LogP contribution in [0.15, 0.2) is 16.5 Å². The Bertz CT molecular complexity index is 263. The van der Waals surface area contributed by atoms with E-state index in [0.717, 1.165) is 28.1 Å². The van der Waals surface area contributed by atoms with Crippen molar-refractivity contribution in [1.29, 1.82) is 0 Å². The SMILES string of the molecule is CN(O)Cc1ccc(CSCCN)o1. The van der Waals surface area contributed by atoms with E-state index in [2.05, 4.69) is 0 Å². The van der Waals surface area contributed by atoms with Crippen molar-refractivity contribution in [2.45, 2.75) is 12.3 Å². The molecule has 80 valence electrons. The number of nitrogens with zero attached hydrogens (tertiary/aromatic N) is 1. The topological polar surface area (TPSA) is 62.6 Å². The van der Waals surface area contributed by atoms with E-state index in [0.29, 0.717) is 13.1 Å². The third kappa shape index (κ3) is 4.15. The van der Waals surface area contributed by atoms with E-state index in [1.165, 1.54) is 0 Å². The quantitative estimate of drug-likeness (QED) is 0.554. The molecule has 0 saturated carbocycles. The first-order valence-corrected chi connectivity index (χ1v) is 5.63. The summed E-state index contributed by atoms with van der Waals surface area (Å²) in [5, 5.41) is 10.1. The fourth-order valence-corrected chi connectivity index (χ4v) is 1.73. The predicted octanol–water partition coefficient (Wildman–Crippen LogP) is 1.29. The molecule has 5 heteroatoms. The van der Waals surface area contributed by atoms with Gasteiger partial charge in [0.05, 0.1) is 12.3 Å². The van der Waals surface area contributed by atoms with Gasteiger partial charge in [-0.15, -0.1) is 0 Å². The lowest BCUT2D eigenvalue weighted by atomic mass is 10.4. The molecule has 0 amide bonds. The van der Waals surface area contributed by atoms with Gasteiger partial charge in [0.1, 0.15) is 11.5 Å². The summed E-state index contributed by atoms with van der Waals surface area (Å²) in [6.07, 6.45) is 0. The average molecular weight is 216 g/mol. The van der Waals surface area contributed by atoms with Gasteiger partial charge < -0.3 is 15.4 Å². The lowest BCUT2D eigenvalue weighted by molar-refractivity contribution is -0.0775. The Balaban J connectivity index is 2.35. The van der Waals surface area contributed by atoms with Gasteiger partial charge in [-0.25, -0.2) is 0 Å². The Labute approximate surface area is 88.0 Å². The van der Waals surface area contributed by atoms with Crippen molar-refractivity contribution in [2.24, 2.45) is 5.73 Å². The molecule has 0 atom stereocenters. The third-order valence-electron chi connectivity index (χ3n) is 1.61. The van der Waals surface area contributed by atoms with Crippen LogP contribution in [0.5, 0.6) is 0 Å². The minimum absolute atomic E-state index is 0.418. The van der Waals surface area contributed by atoms with Crippen LogP contribution in [0.4, 0.5) is 0 Å². The normalized spacial score (nSPS) is 11.1. The Kier molecular flexibility index (Phi) is 5.03. The van der Waals surface area contributed by atoms with Crippen molar-refractivity contribution in [1.82, 2.24) is 5.06 Å². The first kappa shape index (κ1) is 11.6. The number of furan rings is 1. The fraction of sp³-hybridized carbons (Fsp3) is 0.556. The zero-order chi connectivity index (χ0) is 10.4. The molecular formula is C9H16N2O2S. The third-order valence-corrected chi connectivity index (χ3v) is 2.62. The van der Waals surface area contributed by atoms with Crippen molar-refractivity contribution in [2.75, 3.05) is 19.3 Å². The Morgan fingerprint density at radius 3 is 2.86 bits per heavy atom. The maximum atomic E-state index is 8.98. The van der Waals surface area contributed by atoms with Crippen LogP contribution in [0.1, 0.15) is 11.5 Å². The Hall–Kier alpha value is -0.490. The molecule has 14 heavy (non-hydrogen) atoms. The van der Waals surface area contributed by atoms with Crippen molar-refractivity contribution in [3.63, 3.8) is 0 Å². The van der Waals surface area contributed by atoms with Gasteiger partial charge in [0.15, 0.2) is 0 Å². The van der Waals surface area contributed by atoms with Crippen molar-refractivity contribution in [3.05, 3.63) is 23.7 Å². The number of hydrogen-bond acceptors (Lipinski definition) is 5. The number of rotatable bonds is 6. The highest BCUT2D eigenvalue weighted by Gasteiger charge is 2.03. The molecule has 0 fully saturated rings. The van der Waals surface area contributed by atoms with Crippen LogP contribution in [0.25, 0.3) is 0 Å². The van der Waals surface area contributed by atoms with Crippen LogP contribution in [-0.4, -0.2) is 29.6 Å². The molecule has 0 aliphatic heterocycles. The molecule has 4 nitrogen and oxygen atoms in total. The van der Waals surface area contributed by atoms with E-state index in [1.54, 1.807) is 18.8 Å².